The van der Waals surface area contributed by atoms with Gasteiger partial charge in [-0.3, -0.25) is 0 Å². The first-order valence-electron chi connectivity index (χ1n) is 6.20. The molecular weight excluding hydrogens is 233 g/mol. The lowest BCUT2D eigenvalue weighted by Crippen LogP contribution is -2.52. The Morgan fingerprint density at radius 1 is 0.706 bits per heavy atom. The van der Waals surface area contributed by atoms with Gasteiger partial charge in [0, 0.05) is 55.4 Å². The summed E-state index contributed by atoms with van der Waals surface area (Å²) in [6.45, 7) is 4.63. The van der Waals surface area contributed by atoms with Crippen LogP contribution in [0, 0.1) is 0 Å². The minimum atomic E-state index is -1.51. The molecule has 0 unspecified atom stereocenters. The molecule has 0 radical (unpaired) electrons. The molecule has 0 N–H and O–H groups in total. The predicted octanol–water partition coefficient (Wildman–Crippen LogP) is 0.596. The van der Waals surface area contributed by atoms with E-state index in [0.717, 1.165) is 26.2 Å². The highest BCUT2D eigenvalue weighted by Crippen LogP contribution is 2.66. The zero-order valence-electron chi connectivity index (χ0n) is 12.5. The highest BCUT2D eigenvalue weighted by molar-refractivity contribution is 7.66. The second-order valence-corrected chi connectivity index (χ2v) is 9.37. The Balaban J connectivity index is 2.96. The van der Waals surface area contributed by atoms with Crippen LogP contribution in [0.2, 0.25) is 0 Å². The van der Waals surface area contributed by atoms with E-state index in [9.17, 15) is 0 Å². The summed E-state index contributed by atoms with van der Waals surface area (Å²) < 4.78 is 9.86. The van der Waals surface area contributed by atoms with Crippen LogP contribution >= 0.6 is 7.87 Å². The first kappa shape index (κ1) is 15.3. The molecule has 0 spiro atoms. The fourth-order valence-corrected chi connectivity index (χ4v) is 7.28. The van der Waals surface area contributed by atoms with E-state index in [4.69, 9.17) is 0 Å². The van der Waals surface area contributed by atoms with Crippen LogP contribution in [0.1, 0.15) is 0 Å². The van der Waals surface area contributed by atoms with Gasteiger partial charge in [-0.25, -0.2) is 0 Å². The summed E-state index contributed by atoms with van der Waals surface area (Å²) in [6, 6.07) is 0. The number of nitrogens with zero attached hydrogens (tertiary/aromatic N) is 5. The molecule has 1 saturated heterocycles. The van der Waals surface area contributed by atoms with Crippen molar-refractivity contribution in [1.29, 1.82) is 0 Å². The molecule has 1 fully saturated rings. The standard InChI is InChI=1S/C11H29N5P/c1-12(2)17(13(3)4,14(5)6)16-10-8-15(7)9-11-16/h8-11H2,1-7H3/q+1. The average molecular weight is 262 g/mol. The van der Waals surface area contributed by atoms with E-state index in [-0.39, 0.29) is 0 Å². The number of piperazine rings is 1. The molecule has 1 aliphatic heterocycles. The number of hydrogen-bond acceptors (Lipinski definition) is 5. The van der Waals surface area contributed by atoms with E-state index in [1.54, 1.807) is 0 Å². The molecule has 17 heavy (non-hydrogen) atoms. The number of rotatable bonds is 4. The molecule has 0 aromatic rings. The highest BCUT2D eigenvalue weighted by Gasteiger charge is 2.54. The molecule has 0 bridgehead atoms. The van der Waals surface area contributed by atoms with Crippen molar-refractivity contribution < 1.29 is 0 Å². The van der Waals surface area contributed by atoms with Gasteiger partial charge in [0.05, 0.1) is 13.1 Å². The Morgan fingerprint density at radius 3 is 1.35 bits per heavy atom. The third-order valence-corrected chi connectivity index (χ3v) is 7.85. The van der Waals surface area contributed by atoms with Gasteiger partial charge >= 0.3 is 7.87 Å². The average Bonchev–Trinajstić information content (AvgIpc) is 2.20. The molecular formula is C11H29N5P+. The van der Waals surface area contributed by atoms with Gasteiger partial charge in [-0.1, -0.05) is 0 Å². The maximum Gasteiger partial charge on any atom is 0.307 e. The van der Waals surface area contributed by atoms with E-state index in [1.807, 2.05) is 0 Å². The van der Waals surface area contributed by atoms with Crippen LogP contribution in [0.3, 0.4) is 0 Å². The first-order chi connectivity index (χ1) is 7.83. The van der Waals surface area contributed by atoms with Gasteiger partial charge in [0.1, 0.15) is 0 Å². The van der Waals surface area contributed by atoms with Crippen molar-refractivity contribution in [3.63, 3.8) is 0 Å². The van der Waals surface area contributed by atoms with Crippen LogP contribution in [0.15, 0.2) is 0 Å². The molecule has 5 nitrogen and oxygen atoms in total. The maximum absolute atomic E-state index is 2.66. The van der Waals surface area contributed by atoms with Crippen molar-refractivity contribution in [1.82, 2.24) is 23.6 Å². The van der Waals surface area contributed by atoms with Gasteiger partial charge in [-0.2, -0.15) is 0 Å². The lowest BCUT2D eigenvalue weighted by Gasteiger charge is -2.47. The molecule has 102 valence electrons. The zero-order chi connectivity index (χ0) is 13.2. The van der Waals surface area contributed by atoms with E-state index in [0.29, 0.717) is 0 Å². The van der Waals surface area contributed by atoms with Crippen LogP contribution in [0.5, 0.6) is 0 Å². The molecule has 6 heteroatoms. The predicted molar refractivity (Wildman–Crippen MR) is 77.1 cm³/mol. The summed E-state index contributed by atoms with van der Waals surface area (Å²) in [5.41, 5.74) is 0. The van der Waals surface area contributed by atoms with E-state index < -0.39 is 7.87 Å². The minimum Gasteiger partial charge on any atom is -0.304 e. The molecule has 0 aliphatic carbocycles. The van der Waals surface area contributed by atoms with Crippen molar-refractivity contribution in [3.8, 4) is 0 Å². The lowest BCUT2D eigenvalue weighted by atomic mass is 10.4. The zero-order valence-corrected chi connectivity index (χ0v) is 13.4. The van der Waals surface area contributed by atoms with Gasteiger partial charge in [0.2, 0.25) is 0 Å². The Labute approximate surface area is 107 Å². The second kappa shape index (κ2) is 5.91. The normalized spacial score (nSPS) is 20.8. The van der Waals surface area contributed by atoms with Crippen LogP contribution in [-0.4, -0.2) is 99.1 Å². The van der Waals surface area contributed by atoms with Crippen LogP contribution in [0.25, 0.3) is 0 Å². The molecule has 0 aromatic carbocycles. The SMILES string of the molecule is CN1CCN([P+](N(C)C)(N(C)C)N(C)C)CC1. The van der Waals surface area contributed by atoms with Crippen molar-refractivity contribution in [2.45, 2.75) is 0 Å². The van der Waals surface area contributed by atoms with Crippen LogP contribution in [-0.2, 0) is 0 Å². The van der Waals surface area contributed by atoms with E-state index in [2.05, 4.69) is 72.9 Å². The maximum atomic E-state index is 2.66. The summed E-state index contributed by atoms with van der Waals surface area (Å²) in [5.74, 6) is 0. The van der Waals surface area contributed by atoms with Crippen molar-refractivity contribution in [2.75, 3.05) is 75.5 Å². The summed E-state index contributed by atoms with van der Waals surface area (Å²) in [4.78, 5) is 2.41. The van der Waals surface area contributed by atoms with Gasteiger partial charge in [0.25, 0.3) is 0 Å². The number of hydrogen-bond donors (Lipinski definition) is 0. The second-order valence-electron chi connectivity index (χ2n) is 5.34. The third kappa shape index (κ3) is 2.80. The Kier molecular flexibility index (Phi) is 5.32. The molecule has 0 atom stereocenters. The molecule has 1 aliphatic rings. The first-order valence-corrected chi connectivity index (χ1v) is 7.80. The summed E-state index contributed by atoms with van der Waals surface area (Å²) in [6.07, 6.45) is 0. The van der Waals surface area contributed by atoms with Gasteiger partial charge in [0.15, 0.2) is 0 Å². The van der Waals surface area contributed by atoms with Crippen LogP contribution < -0.4 is 0 Å². The van der Waals surface area contributed by atoms with E-state index >= 15 is 0 Å². The molecule has 1 rings (SSSR count). The van der Waals surface area contributed by atoms with Crippen molar-refractivity contribution >= 4 is 7.87 Å². The van der Waals surface area contributed by atoms with Crippen molar-refractivity contribution in [2.24, 2.45) is 0 Å². The quantitative estimate of drug-likeness (QED) is 0.688. The summed E-state index contributed by atoms with van der Waals surface area (Å²) >= 11 is 0. The Bertz CT molecular complexity index is 214. The van der Waals surface area contributed by atoms with Gasteiger partial charge in [-0.05, 0) is 7.05 Å². The lowest BCUT2D eigenvalue weighted by molar-refractivity contribution is 0.200. The molecule has 0 amide bonds. The van der Waals surface area contributed by atoms with Crippen LogP contribution in [0.4, 0.5) is 0 Å². The third-order valence-electron chi connectivity index (χ3n) is 3.47. The molecule has 0 aromatic heterocycles. The highest BCUT2D eigenvalue weighted by atomic mass is 31.2. The smallest absolute Gasteiger partial charge is 0.304 e. The Hall–Kier alpha value is 0.230. The fourth-order valence-electron chi connectivity index (χ4n) is 2.90. The Morgan fingerprint density at radius 2 is 1.06 bits per heavy atom. The fraction of sp³-hybridized carbons (Fsp3) is 1.00. The minimum absolute atomic E-state index is 1.15. The summed E-state index contributed by atoms with van der Waals surface area (Å²) in [7, 11) is 13.9. The largest absolute Gasteiger partial charge is 0.307 e. The van der Waals surface area contributed by atoms with E-state index in [1.165, 1.54) is 0 Å². The summed E-state index contributed by atoms with van der Waals surface area (Å²) in [5, 5.41) is 0. The van der Waals surface area contributed by atoms with Gasteiger partial charge in [-0.15, -0.1) is 18.7 Å². The monoisotopic (exact) mass is 262 g/mol. The van der Waals surface area contributed by atoms with Gasteiger partial charge < -0.3 is 4.90 Å². The number of likely N-dealkylation sites (N-methyl/N-ethyl adjacent to an activating group) is 1. The topological polar surface area (TPSA) is 16.2 Å². The molecule has 1 heterocycles. The molecule has 0 saturated carbocycles. The van der Waals surface area contributed by atoms with Crippen molar-refractivity contribution in [3.05, 3.63) is 0 Å².